The topological polar surface area (TPSA) is 102 Å². The number of ether oxygens (including phenoxy) is 2. The van der Waals surface area contributed by atoms with E-state index in [9.17, 15) is 14.4 Å². The molecule has 0 spiro atoms. The van der Waals surface area contributed by atoms with E-state index in [4.69, 9.17) is 14.6 Å². The molecule has 1 aromatic carbocycles. The lowest BCUT2D eigenvalue weighted by Gasteiger charge is -2.10. The van der Waals surface area contributed by atoms with E-state index in [0.29, 0.717) is 12.0 Å². The second-order valence-corrected chi connectivity index (χ2v) is 3.10. The zero-order valence-corrected chi connectivity index (χ0v) is 9.29. The second-order valence-electron chi connectivity index (χ2n) is 3.10. The summed E-state index contributed by atoms with van der Waals surface area (Å²) < 4.78 is 9.62. The first-order valence-corrected chi connectivity index (χ1v) is 4.94. The van der Waals surface area contributed by atoms with Gasteiger partial charge >= 0.3 is 5.97 Å². The van der Waals surface area contributed by atoms with Crippen molar-refractivity contribution in [2.75, 3.05) is 18.5 Å². The van der Waals surface area contributed by atoms with E-state index in [0.717, 1.165) is 0 Å². The molecule has 96 valence electrons. The van der Waals surface area contributed by atoms with Gasteiger partial charge < -0.3 is 24.7 Å². The maximum absolute atomic E-state index is 10.3. The van der Waals surface area contributed by atoms with Crippen LogP contribution in [-0.4, -0.2) is 37.0 Å². The zero-order valence-electron chi connectivity index (χ0n) is 9.29. The Hall–Kier alpha value is -2.57. The number of aldehydes is 1. The van der Waals surface area contributed by atoms with E-state index in [2.05, 4.69) is 5.32 Å². The van der Waals surface area contributed by atoms with E-state index >= 15 is 0 Å². The van der Waals surface area contributed by atoms with Crippen molar-refractivity contribution in [3.05, 3.63) is 18.2 Å². The summed E-state index contributed by atoms with van der Waals surface area (Å²) in [5.74, 6) is -0.725. The maximum Gasteiger partial charge on any atom is 0.341 e. The van der Waals surface area contributed by atoms with E-state index in [1.54, 1.807) is 0 Å². The fourth-order valence-corrected chi connectivity index (χ4v) is 1.18. The van der Waals surface area contributed by atoms with Crippen molar-refractivity contribution in [2.45, 2.75) is 0 Å². The molecule has 0 radical (unpaired) electrons. The molecular formula is C11H11NO6. The highest BCUT2D eigenvalue weighted by molar-refractivity contribution is 5.69. The smallest absolute Gasteiger partial charge is 0.341 e. The molecule has 7 heteroatoms. The SMILES string of the molecule is O=CCNc1ccc(OCC(=O)O)cc1OC=O. The monoisotopic (exact) mass is 253 g/mol. The average molecular weight is 253 g/mol. The van der Waals surface area contributed by atoms with Crippen molar-refractivity contribution in [1.82, 2.24) is 0 Å². The van der Waals surface area contributed by atoms with Crippen LogP contribution >= 0.6 is 0 Å². The molecule has 1 aromatic rings. The summed E-state index contributed by atoms with van der Waals surface area (Å²) in [6, 6.07) is 4.36. The summed E-state index contributed by atoms with van der Waals surface area (Å²) >= 11 is 0. The summed E-state index contributed by atoms with van der Waals surface area (Å²) in [6.07, 6.45) is 0.652. The highest BCUT2D eigenvalue weighted by atomic mass is 16.5. The normalized spacial score (nSPS) is 9.33. The van der Waals surface area contributed by atoms with E-state index < -0.39 is 12.6 Å². The minimum absolute atomic E-state index is 0.0601. The fraction of sp³-hybridized carbons (Fsp3) is 0.182. The molecule has 7 nitrogen and oxygen atoms in total. The molecule has 0 heterocycles. The van der Waals surface area contributed by atoms with Crippen LogP contribution in [0.25, 0.3) is 0 Å². The molecular weight excluding hydrogens is 242 g/mol. The molecule has 18 heavy (non-hydrogen) atoms. The maximum atomic E-state index is 10.3. The van der Waals surface area contributed by atoms with Crippen LogP contribution in [0.5, 0.6) is 11.5 Å². The lowest BCUT2D eigenvalue weighted by molar-refractivity contribution is -0.139. The zero-order chi connectivity index (χ0) is 13.4. The number of nitrogens with one attached hydrogen (secondary N) is 1. The number of carboxylic acid groups (broad SMARTS) is 1. The third-order valence-corrected chi connectivity index (χ3v) is 1.87. The Kier molecular flexibility index (Phi) is 5.17. The number of carbonyl (C=O) groups is 3. The average Bonchev–Trinajstić information content (AvgIpc) is 2.35. The minimum Gasteiger partial charge on any atom is -0.482 e. The second kappa shape index (κ2) is 6.89. The standard InChI is InChI=1S/C11H11NO6/c13-4-3-12-9-2-1-8(17-6-11(15)16)5-10(9)18-7-14/h1-2,4-5,7,12H,3,6H2,(H,15,16). The van der Waals surface area contributed by atoms with Crippen LogP contribution in [0.3, 0.4) is 0 Å². The fourth-order valence-electron chi connectivity index (χ4n) is 1.18. The Labute approximate surface area is 102 Å². The highest BCUT2D eigenvalue weighted by Crippen LogP contribution is 2.28. The molecule has 0 aliphatic rings. The molecule has 0 saturated carbocycles. The Bertz CT molecular complexity index is 445. The summed E-state index contributed by atoms with van der Waals surface area (Å²) in [7, 11) is 0. The summed E-state index contributed by atoms with van der Waals surface area (Å²) in [5, 5.41) is 11.2. The molecule has 0 unspecified atom stereocenters. The summed E-state index contributed by atoms with van der Waals surface area (Å²) in [5.41, 5.74) is 0.428. The van der Waals surface area contributed by atoms with Crippen molar-refractivity contribution in [1.29, 1.82) is 0 Å². The number of rotatable bonds is 8. The number of carboxylic acids is 1. The van der Waals surface area contributed by atoms with Gasteiger partial charge in [-0.3, -0.25) is 4.79 Å². The predicted molar refractivity (Wildman–Crippen MR) is 60.8 cm³/mol. The number of carbonyl (C=O) groups excluding carboxylic acids is 2. The molecule has 0 amide bonds. The van der Waals surface area contributed by atoms with E-state index in [-0.39, 0.29) is 24.5 Å². The van der Waals surface area contributed by atoms with Gasteiger partial charge in [-0.25, -0.2) is 4.79 Å². The molecule has 0 aliphatic carbocycles. The van der Waals surface area contributed by atoms with Gasteiger partial charge in [0, 0.05) is 6.07 Å². The molecule has 1 rings (SSSR count). The van der Waals surface area contributed by atoms with Crippen LogP contribution in [0.15, 0.2) is 18.2 Å². The van der Waals surface area contributed by atoms with Gasteiger partial charge in [0.25, 0.3) is 6.47 Å². The predicted octanol–water partition coefficient (Wildman–Crippen LogP) is 0.296. The first kappa shape index (κ1) is 13.5. The molecule has 0 aromatic heterocycles. The van der Waals surface area contributed by atoms with Gasteiger partial charge in [-0.2, -0.15) is 0 Å². The lowest BCUT2D eigenvalue weighted by atomic mass is 10.2. The van der Waals surface area contributed by atoms with Crippen molar-refractivity contribution < 1.29 is 29.0 Å². The van der Waals surface area contributed by atoms with Gasteiger partial charge in [-0.05, 0) is 12.1 Å². The first-order chi connectivity index (χ1) is 8.67. The molecule has 0 atom stereocenters. The van der Waals surface area contributed by atoms with Crippen LogP contribution in [0.2, 0.25) is 0 Å². The minimum atomic E-state index is -1.11. The van der Waals surface area contributed by atoms with Gasteiger partial charge in [0.05, 0.1) is 12.2 Å². The van der Waals surface area contributed by atoms with Crippen molar-refractivity contribution in [2.24, 2.45) is 0 Å². The van der Waals surface area contributed by atoms with Crippen LogP contribution < -0.4 is 14.8 Å². The number of aliphatic carboxylic acids is 1. The third kappa shape index (κ3) is 4.12. The van der Waals surface area contributed by atoms with Gasteiger partial charge in [0.2, 0.25) is 0 Å². The number of benzene rings is 1. The summed E-state index contributed by atoms with van der Waals surface area (Å²) in [4.78, 5) is 30.9. The summed E-state index contributed by atoms with van der Waals surface area (Å²) in [6.45, 7) is -0.214. The van der Waals surface area contributed by atoms with E-state index in [1.165, 1.54) is 18.2 Å². The largest absolute Gasteiger partial charge is 0.482 e. The van der Waals surface area contributed by atoms with Gasteiger partial charge in [0.1, 0.15) is 12.0 Å². The van der Waals surface area contributed by atoms with E-state index in [1.807, 2.05) is 0 Å². The Morgan fingerprint density at radius 2 is 2.17 bits per heavy atom. The van der Waals surface area contributed by atoms with Crippen molar-refractivity contribution in [3.63, 3.8) is 0 Å². The quantitative estimate of drug-likeness (QED) is 0.642. The first-order valence-electron chi connectivity index (χ1n) is 4.94. The van der Waals surface area contributed by atoms with Crippen LogP contribution in [0.4, 0.5) is 5.69 Å². The highest BCUT2D eigenvalue weighted by Gasteiger charge is 2.07. The Morgan fingerprint density at radius 1 is 1.39 bits per heavy atom. The number of hydrogen-bond donors (Lipinski definition) is 2. The van der Waals surface area contributed by atoms with Crippen LogP contribution in [0, 0.1) is 0 Å². The molecule has 0 aliphatic heterocycles. The van der Waals surface area contributed by atoms with Crippen LogP contribution in [-0.2, 0) is 14.4 Å². The third-order valence-electron chi connectivity index (χ3n) is 1.87. The van der Waals surface area contributed by atoms with Gasteiger partial charge in [0.15, 0.2) is 12.4 Å². The molecule has 0 fully saturated rings. The Morgan fingerprint density at radius 3 is 2.78 bits per heavy atom. The van der Waals surface area contributed by atoms with Crippen molar-refractivity contribution in [3.8, 4) is 11.5 Å². The van der Waals surface area contributed by atoms with Gasteiger partial charge in [-0.1, -0.05) is 0 Å². The molecule has 2 N–H and O–H groups in total. The van der Waals surface area contributed by atoms with Crippen molar-refractivity contribution >= 4 is 24.4 Å². The van der Waals surface area contributed by atoms with Gasteiger partial charge in [-0.15, -0.1) is 0 Å². The number of hydrogen-bond acceptors (Lipinski definition) is 6. The lowest BCUT2D eigenvalue weighted by Crippen LogP contribution is -2.10. The van der Waals surface area contributed by atoms with Crippen LogP contribution in [0.1, 0.15) is 0 Å². The molecule has 0 bridgehead atoms. The Balaban J connectivity index is 2.83. The molecule has 0 saturated heterocycles. The number of anilines is 1.